The second-order valence-corrected chi connectivity index (χ2v) is 9.53. The molecule has 8 nitrogen and oxygen atoms in total. The quantitative estimate of drug-likeness (QED) is 0.454. The number of carboxylic acids is 1. The number of amides is 1. The summed E-state index contributed by atoms with van der Waals surface area (Å²) in [6.07, 6.45) is 2.77. The minimum atomic E-state index is -1.09. The summed E-state index contributed by atoms with van der Waals surface area (Å²) in [5.41, 5.74) is 0.532. The molecule has 3 fully saturated rings. The summed E-state index contributed by atoms with van der Waals surface area (Å²) < 4.78 is 23.5. The van der Waals surface area contributed by atoms with E-state index in [2.05, 4.69) is 32.2 Å². The summed E-state index contributed by atoms with van der Waals surface area (Å²) in [4.78, 5) is 23.8. The van der Waals surface area contributed by atoms with E-state index in [9.17, 15) is 14.7 Å². The molecule has 1 aliphatic carbocycles. The largest absolute Gasteiger partial charge is 0.480 e. The van der Waals surface area contributed by atoms with Crippen LogP contribution in [-0.2, 0) is 23.7 Å². The maximum Gasteiger partial charge on any atom is 0.408 e. The number of carbonyl (C=O) groups is 2. The van der Waals surface area contributed by atoms with Gasteiger partial charge in [0.2, 0.25) is 0 Å². The Hall–Kier alpha value is -1.64. The van der Waals surface area contributed by atoms with Crippen molar-refractivity contribution in [3.63, 3.8) is 0 Å². The van der Waals surface area contributed by atoms with Crippen LogP contribution in [-0.4, -0.2) is 66.4 Å². The molecule has 7 atom stereocenters. The molecule has 1 spiro atoms. The zero-order valence-corrected chi connectivity index (χ0v) is 18.8. The van der Waals surface area contributed by atoms with Crippen molar-refractivity contribution >= 4 is 12.1 Å². The number of carbonyl (C=O) groups excluding carboxylic acids is 1. The van der Waals surface area contributed by atoms with Crippen molar-refractivity contribution < 1.29 is 33.6 Å². The van der Waals surface area contributed by atoms with Gasteiger partial charge in [-0.15, -0.1) is 0 Å². The molecule has 2 N–H and O–H groups in total. The first-order valence-electron chi connectivity index (χ1n) is 10.7. The second-order valence-electron chi connectivity index (χ2n) is 9.53. The van der Waals surface area contributed by atoms with E-state index in [4.69, 9.17) is 18.9 Å². The third-order valence-corrected chi connectivity index (χ3v) is 6.70. The van der Waals surface area contributed by atoms with Crippen LogP contribution in [0.2, 0.25) is 0 Å². The Bertz CT molecular complexity index is 698. The second kappa shape index (κ2) is 8.48. The SMILES string of the molecule is CO[C@H]1[C@H](OC(=O)NC(C(=O)O)C(C)C)CC[C@]2(CO2)[C@H]1[C@@]1(C)O[C@@H]1CC=C(C)C. The number of hydrogen-bond acceptors (Lipinski definition) is 6. The number of ether oxygens (including phenoxy) is 4. The van der Waals surface area contributed by atoms with Gasteiger partial charge in [-0.2, -0.15) is 0 Å². The monoisotopic (exact) mass is 425 g/mol. The lowest BCUT2D eigenvalue weighted by molar-refractivity contribution is -0.141. The van der Waals surface area contributed by atoms with Gasteiger partial charge in [0.25, 0.3) is 0 Å². The Labute approximate surface area is 178 Å². The minimum absolute atomic E-state index is 0.0704. The van der Waals surface area contributed by atoms with Crippen LogP contribution in [0, 0.1) is 11.8 Å². The van der Waals surface area contributed by atoms with Crippen LogP contribution in [0.3, 0.4) is 0 Å². The molecule has 1 unspecified atom stereocenters. The Balaban J connectivity index is 1.71. The molecule has 0 bridgehead atoms. The number of nitrogens with one attached hydrogen (secondary N) is 1. The number of carboxylic acid groups (broad SMARTS) is 1. The normalized spacial score (nSPS) is 38.1. The summed E-state index contributed by atoms with van der Waals surface area (Å²) in [5.74, 6) is -1.42. The van der Waals surface area contributed by atoms with Crippen LogP contribution in [0.5, 0.6) is 0 Å². The third kappa shape index (κ3) is 4.50. The molecule has 2 saturated heterocycles. The lowest BCUT2D eigenvalue weighted by Gasteiger charge is -2.42. The van der Waals surface area contributed by atoms with E-state index in [1.165, 1.54) is 5.57 Å². The van der Waals surface area contributed by atoms with E-state index in [-0.39, 0.29) is 23.5 Å². The molecule has 0 radical (unpaired) electrons. The molecule has 0 aromatic carbocycles. The van der Waals surface area contributed by atoms with Gasteiger partial charge in [0.15, 0.2) is 0 Å². The number of hydrogen-bond donors (Lipinski definition) is 2. The van der Waals surface area contributed by atoms with E-state index in [1.54, 1.807) is 21.0 Å². The fourth-order valence-corrected chi connectivity index (χ4v) is 4.88. The average molecular weight is 426 g/mol. The molecule has 170 valence electrons. The summed E-state index contributed by atoms with van der Waals surface area (Å²) in [5, 5.41) is 11.8. The van der Waals surface area contributed by atoms with Crippen molar-refractivity contribution in [1.82, 2.24) is 5.32 Å². The van der Waals surface area contributed by atoms with Gasteiger partial charge in [0, 0.05) is 7.11 Å². The molecular formula is C22H35NO7. The number of epoxide rings is 2. The van der Waals surface area contributed by atoms with Crippen molar-refractivity contribution in [2.75, 3.05) is 13.7 Å². The molecule has 3 aliphatic rings. The first-order chi connectivity index (χ1) is 14.0. The Morgan fingerprint density at radius 2 is 2.00 bits per heavy atom. The number of rotatable bonds is 8. The molecule has 3 rings (SSSR count). The first kappa shape index (κ1) is 23.0. The molecular weight excluding hydrogens is 390 g/mol. The van der Waals surface area contributed by atoms with Crippen LogP contribution in [0.1, 0.15) is 53.9 Å². The molecule has 1 saturated carbocycles. The smallest absolute Gasteiger partial charge is 0.408 e. The highest BCUT2D eigenvalue weighted by Crippen LogP contribution is 2.59. The van der Waals surface area contributed by atoms with E-state index in [1.807, 2.05) is 0 Å². The van der Waals surface area contributed by atoms with Gasteiger partial charge < -0.3 is 29.4 Å². The van der Waals surface area contributed by atoms with Crippen LogP contribution < -0.4 is 5.32 Å². The van der Waals surface area contributed by atoms with Crippen LogP contribution in [0.25, 0.3) is 0 Å². The van der Waals surface area contributed by atoms with Gasteiger partial charge >= 0.3 is 12.1 Å². The van der Waals surface area contributed by atoms with E-state index in [0.29, 0.717) is 13.0 Å². The maximum atomic E-state index is 12.5. The predicted molar refractivity (Wildman–Crippen MR) is 109 cm³/mol. The van der Waals surface area contributed by atoms with E-state index < -0.39 is 35.9 Å². The number of methoxy groups -OCH3 is 1. The fourth-order valence-electron chi connectivity index (χ4n) is 4.88. The van der Waals surface area contributed by atoms with E-state index >= 15 is 0 Å². The Morgan fingerprint density at radius 1 is 1.33 bits per heavy atom. The average Bonchev–Trinajstić information content (AvgIpc) is 3.56. The van der Waals surface area contributed by atoms with Crippen LogP contribution in [0.4, 0.5) is 4.79 Å². The zero-order chi connectivity index (χ0) is 22.3. The molecule has 8 heteroatoms. The highest BCUT2D eigenvalue weighted by molar-refractivity contribution is 5.80. The van der Waals surface area contributed by atoms with Crippen molar-refractivity contribution in [2.45, 2.75) is 89.4 Å². The van der Waals surface area contributed by atoms with E-state index in [0.717, 1.165) is 12.8 Å². The standard InChI is InChI=1S/C22H35NO7/c1-12(2)7-8-15-21(5,30-15)18-17(27-6)14(9-10-22(18)11-28-22)29-20(26)23-16(13(3)4)19(24)25/h7,13-18H,8-11H2,1-6H3,(H,23,26)(H,24,25)/t14-,15-,16?,17+,18-,21+,22+/m1/s1. The lowest BCUT2D eigenvalue weighted by atomic mass is 9.68. The topological polar surface area (TPSA) is 110 Å². The number of alkyl carbamates (subject to hydrolysis) is 1. The van der Waals surface area contributed by atoms with Gasteiger partial charge in [-0.25, -0.2) is 9.59 Å². The molecule has 2 heterocycles. The predicted octanol–water partition coefficient (Wildman–Crippen LogP) is 2.90. The minimum Gasteiger partial charge on any atom is -0.480 e. The summed E-state index contributed by atoms with van der Waals surface area (Å²) >= 11 is 0. The Kier molecular flexibility index (Phi) is 6.51. The van der Waals surface area contributed by atoms with Gasteiger partial charge in [-0.1, -0.05) is 25.5 Å². The van der Waals surface area contributed by atoms with Crippen LogP contribution >= 0.6 is 0 Å². The highest BCUT2D eigenvalue weighted by Gasteiger charge is 2.72. The molecule has 1 amide bonds. The molecule has 2 aliphatic heterocycles. The van der Waals surface area contributed by atoms with Gasteiger partial charge in [0.1, 0.15) is 29.5 Å². The Morgan fingerprint density at radius 3 is 2.50 bits per heavy atom. The van der Waals surface area contributed by atoms with Gasteiger partial charge in [-0.3, -0.25) is 0 Å². The van der Waals surface area contributed by atoms with Crippen molar-refractivity contribution in [2.24, 2.45) is 11.8 Å². The lowest BCUT2D eigenvalue weighted by Crippen LogP contribution is -2.56. The van der Waals surface area contributed by atoms with Crippen molar-refractivity contribution in [3.8, 4) is 0 Å². The summed E-state index contributed by atoms with van der Waals surface area (Å²) in [6, 6.07) is -1.01. The molecule has 30 heavy (non-hydrogen) atoms. The zero-order valence-electron chi connectivity index (χ0n) is 18.8. The molecule has 0 aromatic heterocycles. The maximum absolute atomic E-state index is 12.5. The van der Waals surface area contributed by atoms with Crippen molar-refractivity contribution in [3.05, 3.63) is 11.6 Å². The number of aliphatic carboxylic acids is 1. The first-order valence-corrected chi connectivity index (χ1v) is 10.7. The number of allylic oxidation sites excluding steroid dienone is 1. The van der Waals surface area contributed by atoms with Gasteiger partial charge in [-0.05, 0) is 46.0 Å². The third-order valence-electron chi connectivity index (χ3n) is 6.70. The van der Waals surface area contributed by atoms with Crippen molar-refractivity contribution in [1.29, 1.82) is 0 Å². The van der Waals surface area contributed by atoms with Crippen LogP contribution in [0.15, 0.2) is 11.6 Å². The highest BCUT2D eigenvalue weighted by atomic mass is 16.6. The fraction of sp³-hybridized carbons (Fsp3) is 0.818. The van der Waals surface area contributed by atoms with Gasteiger partial charge in [0.05, 0.1) is 18.6 Å². The molecule has 0 aromatic rings. The summed E-state index contributed by atoms with van der Waals surface area (Å²) in [6.45, 7) is 10.3. The summed E-state index contributed by atoms with van der Waals surface area (Å²) in [7, 11) is 1.61.